The molecule has 1 aliphatic heterocycles. The van der Waals surface area contributed by atoms with E-state index in [-0.39, 0.29) is 18.0 Å². The lowest BCUT2D eigenvalue weighted by molar-refractivity contribution is -0.115. The monoisotopic (exact) mass is 407 g/mol. The summed E-state index contributed by atoms with van der Waals surface area (Å²) < 4.78 is 10.7. The predicted octanol–water partition coefficient (Wildman–Crippen LogP) is 3.74. The van der Waals surface area contributed by atoms with E-state index in [0.29, 0.717) is 34.4 Å². The lowest BCUT2D eigenvalue weighted by Gasteiger charge is -2.13. The number of nitrogens with one attached hydrogen (secondary N) is 2. The van der Waals surface area contributed by atoms with Crippen LogP contribution in [0.5, 0.6) is 11.5 Å². The van der Waals surface area contributed by atoms with Crippen molar-refractivity contribution < 1.29 is 14.3 Å². The van der Waals surface area contributed by atoms with E-state index in [4.69, 9.17) is 9.47 Å². The molecule has 0 saturated heterocycles. The van der Waals surface area contributed by atoms with E-state index >= 15 is 0 Å². The number of amides is 1. The van der Waals surface area contributed by atoms with Crippen LogP contribution in [-0.2, 0) is 4.79 Å². The number of thioether (sulfide) groups is 1. The van der Waals surface area contributed by atoms with E-state index in [1.807, 2.05) is 31.2 Å². The van der Waals surface area contributed by atoms with Gasteiger partial charge < -0.3 is 19.8 Å². The molecule has 8 nitrogen and oxygen atoms in total. The molecule has 2 aromatic heterocycles. The zero-order valence-corrected chi connectivity index (χ0v) is 16.3. The van der Waals surface area contributed by atoms with Crippen LogP contribution in [0.4, 0.5) is 5.69 Å². The van der Waals surface area contributed by atoms with Gasteiger partial charge in [-0.2, -0.15) is 0 Å². The van der Waals surface area contributed by atoms with Crippen LogP contribution in [0.1, 0.15) is 13.3 Å². The Bertz CT molecular complexity index is 1230. The molecule has 0 aliphatic carbocycles. The summed E-state index contributed by atoms with van der Waals surface area (Å²) in [6, 6.07) is 13.2. The number of aromatic nitrogens is 4. The standard InChI is InChI=1S/C20H17N5O3S/c1-2-16(19(26)21-11-7-8-14-15(9-11)28-10-27-14)29-20-23-18-17(24-25-20)12-5-3-4-6-13(12)22-18/h3-9,16H,2,10H2,1H3,(H,21,26)(H,22,23,25). The van der Waals surface area contributed by atoms with Gasteiger partial charge in [-0.1, -0.05) is 36.9 Å². The molecule has 0 saturated carbocycles. The molecule has 0 fully saturated rings. The summed E-state index contributed by atoms with van der Waals surface area (Å²) in [5, 5.41) is 12.5. The molecule has 1 amide bonds. The van der Waals surface area contributed by atoms with E-state index in [1.165, 1.54) is 11.8 Å². The fourth-order valence-electron chi connectivity index (χ4n) is 3.20. The van der Waals surface area contributed by atoms with Crippen LogP contribution in [0.25, 0.3) is 22.1 Å². The first kappa shape index (κ1) is 17.7. The number of anilines is 1. The second-order valence-corrected chi connectivity index (χ2v) is 7.70. The summed E-state index contributed by atoms with van der Waals surface area (Å²) in [5.74, 6) is 1.17. The zero-order chi connectivity index (χ0) is 19.8. The van der Waals surface area contributed by atoms with Gasteiger partial charge in [0.05, 0.1) is 5.25 Å². The molecular formula is C20H17N5O3S. The van der Waals surface area contributed by atoms with Crippen molar-refractivity contribution in [3.63, 3.8) is 0 Å². The minimum Gasteiger partial charge on any atom is -0.454 e. The number of aromatic amines is 1. The molecule has 9 heteroatoms. The number of hydrogen-bond donors (Lipinski definition) is 2. The molecule has 1 atom stereocenters. The van der Waals surface area contributed by atoms with Gasteiger partial charge >= 0.3 is 0 Å². The fourth-order valence-corrected chi connectivity index (χ4v) is 4.02. The maximum Gasteiger partial charge on any atom is 0.237 e. The van der Waals surface area contributed by atoms with Crippen molar-refractivity contribution in [1.82, 2.24) is 20.2 Å². The predicted molar refractivity (Wildman–Crippen MR) is 110 cm³/mol. The highest BCUT2D eigenvalue weighted by Crippen LogP contribution is 2.34. The molecule has 2 aromatic carbocycles. The van der Waals surface area contributed by atoms with Gasteiger partial charge in [-0.05, 0) is 24.6 Å². The van der Waals surface area contributed by atoms with E-state index in [1.54, 1.807) is 18.2 Å². The first-order valence-corrected chi connectivity index (χ1v) is 10.1. The smallest absolute Gasteiger partial charge is 0.237 e. The highest BCUT2D eigenvalue weighted by molar-refractivity contribution is 8.00. The van der Waals surface area contributed by atoms with Crippen molar-refractivity contribution in [2.24, 2.45) is 0 Å². The summed E-state index contributed by atoms with van der Waals surface area (Å²) in [7, 11) is 0. The highest BCUT2D eigenvalue weighted by Gasteiger charge is 2.22. The number of nitrogens with zero attached hydrogens (tertiary/aromatic N) is 3. The zero-order valence-electron chi connectivity index (χ0n) is 15.5. The third-order valence-corrected chi connectivity index (χ3v) is 5.87. The number of ether oxygens (including phenoxy) is 2. The molecule has 3 heterocycles. The Morgan fingerprint density at radius 3 is 2.97 bits per heavy atom. The van der Waals surface area contributed by atoms with E-state index in [2.05, 4.69) is 25.5 Å². The normalized spacial score (nSPS) is 13.7. The number of hydrogen-bond acceptors (Lipinski definition) is 7. The van der Waals surface area contributed by atoms with Gasteiger partial charge in [0, 0.05) is 22.7 Å². The molecule has 2 N–H and O–H groups in total. The van der Waals surface area contributed by atoms with Crippen molar-refractivity contribution in [3.05, 3.63) is 42.5 Å². The van der Waals surface area contributed by atoms with Gasteiger partial charge in [-0.3, -0.25) is 4.79 Å². The number of para-hydroxylation sites is 1. The number of H-pyrrole nitrogens is 1. The Labute approximate surface area is 170 Å². The number of fused-ring (bicyclic) bond motifs is 4. The van der Waals surface area contributed by atoms with Crippen LogP contribution < -0.4 is 14.8 Å². The second kappa shape index (κ2) is 7.25. The summed E-state index contributed by atoms with van der Waals surface area (Å²) >= 11 is 1.29. The molecule has 1 unspecified atom stereocenters. The summed E-state index contributed by atoms with van der Waals surface area (Å²) in [6.45, 7) is 2.15. The molecule has 0 radical (unpaired) electrons. The van der Waals surface area contributed by atoms with Gasteiger partial charge in [0.2, 0.25) is 17.9 Å². The Morgan fingerprint density at radius 2 is 2.07 bits per heavy atom. The van der Waals surface area contributed by atoms with Crippen molar-refractivity contribution in [2.75, 3.05) is 12.1 Å². The average Bonchev–Trinajstić information content (AvgIpc) is 3.35. The first-order valence-electron chi connectivity index (χ1n) is 9.19. The van der Waals surface area contributed by atoms with Crippen molar-refractivity contribution in [2.45, 2.75) is 23.8 Å². The summed E-state index contributed by atoms with van der Waals surface area (Å²) in [4.78, 5) is 20.6. The molecule has 5 rings (SSSR count). The van der Waals surface area contributed by atoms with Crippen LogP contribution in [0, 0.1) is 0 Å². The number of carbonyl (C=O) groups is 1. The largest absolute Gasteiger partial charge is 0.454 e. The minimum absolute atomic E-state index is 0.128. The third kappa shape index (κ3) is 3.33. The van der Waals surface area contributed by atoms with Crippen molar-refractivity contribution >= 4 is 45.4 Å². The van der Waals surface area contributed by atoms with Gasteiger partial charge in [0.1, 0.15) is 5.52 Å². The van der Waals surface area contributed by atoms with Crippen LogP contribution in [0.2, 0.25) is 0 Å². The van der Waals surface area contributed by atoms with Gasteiger partial charge in [0.25, 0.3) is 0 Å². The Morgan fingerprint density at radius 1 is 1.21 bits per heavy atom. The Kier molecular flexibility index (Phi) is 4.44. The molecule has 1 aliphatic rings. The molecular weight excluding hydrogens is 390 g/mol. The van der Waals surface area contributed by atoms with Crippen molar-refractivity contribution in [1.29, 1.82) is 0 Å². The molecule has 0 spiro atoms. The van der Waals surface area contributed by atoms with E-state index in [9.17, 15) is 4.79 Å². The number of carbonyl (C=O) groups excluding carboxylic acids is 1. The lowest BCUT2D eigenvalue weighted by atomic mass is 10.2. The molecule has 29 heavy (non-hydrogen) atoms. The lowest BCUT2D eigenvalue weighted by Crippen LogP contribution is -2.24. The average molecular weight is 407 g/mol. The van der Waals surface area contributed by atoms with Gasteiger partial charge in [0.15, 0.2) is 17.1 Å². The van der Waals surface area contributed by atoms with Gasteiger partial charge in [-0.15, -0.1) is 10.2 Å². The summed E-state index contributed by atoms with van der Waals surface area (Å²) in [6.07, 6.45) is 0.620. The third-order valence-electron chi connectivity index (χ3n) is 4.65. The number of rotatable bonds is 5. The van der Waals surface area contributed by atoms with Gasteiger partial charge in [-0.25, -0.2) is 4.98 Å². The molecule has 0 bridgehead atoms. The Balaban J connectivity index is 1.35. The number of benzene rings is 2. The van der Waals surface area contributed by atoms with Crippen LogP contribution in [0.15, 0.2) is 47.6 Å². The second-order valence-electron chi connectivity index (χ2n) is 6.53. The molecule has 146 valence electrons. The fraction of sp³-hybridized carbons (Fsp3) is 0.200. The topological polar surface area (TPSA) is 102 Å². The highest BCUT2D eigenvalue weighted by atomic mass is 32.2. The maximum atomic E-state index is 12.8. The quantitative estimate of drug-likeness (QED) is 0.486. The summed E-state index contributed by atoms with van der Waals surface area (Å²) in [5.41, 5.74) is 3.00. The maximum absolute atomic E-state index is 12.8. The van der Waals surface area contributed by atoms with Crippen LogP contribution in [-0.4, -0.2) is 38.1 Å². The van der Waals surface area contributed by atoms with E-state index in [0.717, 1.165) is 16.4 Å². The van der Waals surface area contributed by atoms with E-state index < -0.39 is 0 Å². The SMILES string of the molecule is CCC(Sc1nnc2c(n1)[nH]c1ccccc12)C(=O)Nc1ccc2c(c1)OCO2. The Hall–Kier alpha value is -3.33. The first-order chi connectivity index (χ1) is 14.2. The molecule has 4 aromatic rings. The minimum atomic E-state index is -0.357. The van der Waals surface area contributed by atoms with Crippen molar-refractivity contribution in [3.8, 4) is 11.5 Å². The van der Waals surface area contributed by atoms with Crippen LogP contribution in [0.3, 0.4) is 0 Å². The van der Waals surface area contributed by atoms with Crippen LogP contribution >= 0.6 is 11.8 Å².